The van der Waals surface area contributed by atoms with Crippen molar-refractivity contribution in [2.45, 2.75) is 25.9 Å². The average molecular weight is 297 g/mol. The summed E-state index contributed by atoms with van der Waals surface area (Å²) in [5.41, 5.74) is 1.95. The van der Waals surface area contributed by atoms with Crippen LogP contribution in [0.4, 0.5) is 8.78 Å². The van der Waals surface area contributed by atoms with Crippen LogP contribution >= 0.6 is 11.6 Å². The second kappa shape index (κ2) is 6.77. The summed E-state index contributed by atoms with van der Waals surface area (Å²) in [4.78, 5) is 3.94. The van der Waals surface area contributed by atoms with Gasteiger partial charge in [-0.1, -0.05) is 35.9 Å². The molecule has 0 aliphatic carbocycles. The van der Waals surface area contributed by atoms with E-state index in [1.165, 1.54) is 12.1 Å². The van der Waals surface area contributed by atoms with E-state index < -0.39 is 6.43 Å². The largest absolute Gasteiger partial charge is 0.306 e. The van der Waals surface area contributed by atoms with Gasteiger partial charge in [0.15, 0.2) is 0 Å². The van der Waals surface area contributed by atoms with Crippen molar-refractivity contribution in [2.75, 3.05) is 0 Å². The van der Waals surface area contributed by atoms with Crippen LogP contribution < -0.4 is 5.32 Å². The Bertz CT molecular complexity index is 558. The van der Waals surface area contributed by atoms with E-state index >= 15 is 0 Å². The number of rotatable bonds is 5. The summed E-state index contributed by atoms with van der Waals surface area (Å²) in [6.45, 7) is 2.58. The first-order chi connectivity index (χ1) is 9.58. The minimum atomic E-state index is -2.42. The SMILES string of the molecule is CC(NCc1ccc(C(F)F)cc1)c1ccncc1Cl. The van der Waals surface area contributed by atoms with Gasteiger partial charge in [-0.05, 0) is 24.1 Å². The van der Waals surface area contributed by atoms with Crippen LogP contribution in [0.1, 0.15) is 36.1 Å². The van der Waals surface area contributed by atoms with Gasteiger partial charge in [0.25, 0.3) is 6.43 Å². The van der Waals surface area contributed by atoms with E-state index in [1.807, 2.05) is 13.0 Å². The van der Waals surface area contributed by atoms with Crippen molar-refractivity contribution in [1.29, 1.82) is 0 Å². The topological polar surface area (TPSA) is 24.9 Å². The Kier molecular flexibility index (Phi) is 5.04. The molecule has 0 spiro atoms. The summed E-state index contributed by atoms with van der Waals surface area (Å²) in [6.07, 6.45) is 0.870. The van der Waals surface area contributed by atoms with Gasteiger partial charge >= 0.3 is 0 Å². The van der Waals surface area contributed by atoms with E-state index in [0.29, 0.717) is 11.6 Å². The standard InChI is InChI=1S/C15H15ClF2N2/c1-10(13-6-7-19-9-14(13)16)20-8-11-2-4-12(5-3-11)15(17)18/h2-7,9-10,15,20H,8H2,1H3. The van der Waals surface area contributed by atoms with Crippen molar-refractivity contribution in [3.05, 3.63) is 64.4 Å². The Morgan fingerprint density at radius 1 is 1.20 bits per heavy atom. The lowest BCUT2D eigenvalue weighted by molar-refractivity contribution is 0.151. The van der Waals surface area contributed by atoms with Gasteiger partial charge in [0, 0.05) is 30.5 Å². The van der Waals surface area contributed by atoms with Crippen LogP contribution in [0, 0.1) is 0 Å². The van der Waals surface area contributed by atoms with Gasteiger partial charge in [0.05, 0.1) is 5.02 Å². The third-order valence-electron chi connectivity index (χ3n) is 3.11. The van der Waals surface area contributed by atoms with Crippen LogP contribution in [0.5, 0.6) is 0 Å². The molecule has 0 saturated heterocycles. The predicted molar refractivity (Wildman–Crippen MR) is 75.9 cm³/mol. The van der Waals surface area contributed by atoms with Crippen LogP contribution in [0.3, 0.4) is 0 Å². The molecule has 1 unspecified atom stereocenters. The normalized spacial score (nSPS) is 12.7. The van der Waals surface area contributed by atoms with Crippen molar-refractivity contribution in [1.82, 2.24) is 10.3 Å². The maximum absolute atomic E-state index is 12.4. The first kappa shape index (κ1) is 14.9. The zero-order valence-corrected chi connectivity index (χ0v) is 11.7. The molecule has 106 valence electrons. The molecular formula is C15H15ClF2N2. The summed E-state index contributed by atoms with van der Waals surface area (Å²) in [5, 5.41) is 3.92. The molecule has 1 aromatic carbocycles. The quantitative estimate of drug-likeness (QED) is 0.877. The molecule has 0 amide bonds. The van der Waals surface area contributed by atoms with Gasteiger partial charge in [-0.25, -0.2) is 8.78 Å². The van der Waals surface area contributed by atoms with Crippen LogP contribution in [0.2, 0.25) is 5.02 Å². The molecule has 0 saturated carbocycles. The lowest BCUT2D eigenvalue weighted by atomic mass is 10.1. The molecule has 1 aromatic heterocycles. The third-order valence-corrected chi connectivity index (χ3v) is 3.43. The van der Waals surface area contributed by atoms with E-state index in [9.17, 15) is 8.78 Å². The maximum Gasteiger partial charge on any atom is 0.263 e. The van der Waals surface area contributed by atoms with Gasteiger partial charge in [0.1, 0.15) is 0 Å². The molecule has 0 fully saturated rings. The molecule has 1 N–H and O–H groups in total. The Labute approximate surface area is 121 Å². The van der Waals surface area contributed by atoms with Gasteiger partial charge in [-0.15, -0.1) is 0 Å². The molecule has 0 bridgehead atoms. The first-order valence-corrected chi connectivity index (χ1v) is 6.65. The van der Waals surface area contributed by atoms with Crippen LogP contribution in [0.15, 0.2) is 42.7 Å². The van der Waals surface area contributed by atoms with Crippen molar-refractivity contribution >= 4 is 11.6 Å². The van der Waals surface area contributed by atoms with E-state index in [1.54, 1.807) is 24.5 Å². The molecule has 0 aliphatic rings. The van der Waals surface area contributed by atoms with Crippen molar-refractivity contribution in [3.63, 3.8) is 0 Å². The summed E-state index contributed by atoms with van der Waals surface area (Å²) in [6, 6.07) is 8.22. The molecule has 0 radical (unpaired) electrons. The zero-order chi connectivity index (χ0) is 14.5. The number of hydrogen-bond donors (Lipinski definition) is 1. The zero-order valence-electron chi connectivity index (χ0n) is 11.0. The van der Waals surface area contributed by atoms with Crippen molar-refractivity contribution in [2.24, 2.45) is 0 Å². The fourth-order valence-electron chi connectivity index (χ4n) is 1.90. The minimum absolute atomic E-state index is 0.0407. The second-order valence-electron chi connectivity index (χ2n) is 4.54. The number of nitrogens with zero attached hydrogens (tertiary/aromatic N) is 1. The number of nitrogens with one attached hydrogen (secondary N) is 1. The van der Waals surface area contributed by atoms with Crippen LogP contribution in [-0.2, 0) is 6.54 Å². The highest BCUT2D eigenvalue weighted by Crippen LogP contribution is 2.22. The smallest absolute Gasteiger partial charge is 0.263 e. The van der Waals surface area contributed by atoms with Gasteiger partial charge in [-0.3, -0.25) is 4.98 Å². The molecule has 2 rings (SSSR count). The Morgan fingerprint density at radius 2 is 1.90 bits per heavy atom. The van der Waals surface area contributed by atoms with Gasteiger partial charge in [-0.2, -0.15) is 0 Å². The lowest BCUT2D eigenvalue weighted by Gasteiger charge is -2.15. The van der Waals surface area contributed by atoms with E-state index in [-0.39, 0.29) is 11.6 Å². The Morgan fingerprint density at radius 3 is 2.50 bits per heavy atom. The average Bonchev–Trinajstić information content (AvgIpc) is 2.45. The predicted octanol–water partition coefficient (Wildman–Crippen LogP) is 4.52. The molecule has 2 nitrogen and oxygen atoms in total. The summed E-state index contributed by atoms with van der Waals surface area (Å²) in [5.74, 6) is 0. The van der Waals surface area contributed by atoms with Gasteiger partial charge < -0.3 is 5.32 Å². The second-order valence-corrected chi connectivity index (χ2v) is 4.95. The minimum Gasteiger partial charge on any atom is -0.306 e. The molecular weight excluding hydrogens is 282 g/mol. The van der Waals surface area contributed by atoms with Crippen molar-refractivity contribution < 1.29 is 8.78 Å². The van der Waals surface area contributed by atoms with Crippen molar-refractivity contribution in [3.8, 4) is 0 Å². The number of alkyl halides is 2. The summed E-state index contributed by atoms with van der Waals surface area (Å²) >= 11 is 6.07. The summed E-state index contributed by atoms with van der Waals surface area (Å²) in [7, 11) is 0. The molecule has 1 heterocycles. The lowest BCUT2D eigenvalue weighted by Crippen LogP contribution is -2.18. The summed E-state index contributed by atoms with van der Waals surface area (Å²) < 4.78 is 24.9. The number of aromatic nitrogens is 1. The fourth-order valence-corrected chi connectivity index (χ4v) is 2.18. The third kappa shape index (κ3) is 3.74. The number of benzene rings is 1. The molecule has 0 aliphatic heterocycles. The highest BCUT2D eigenvalue weighted by Gasteiger charge is 2.09. The van der Waals surface area contributed by atoms with E-state index in [2.05, 4.69) is 10.3 Å². The highest BCUT2D eigenvalue weighted by atomic mass is 35.5. The number of pyridine rings is 1. The Hall–Kier alpha value is -1.52. The highest BCUT2D eigenvalue weighted by molar-refractivity contribution is 6.31. The van der Waals surface area contributed by atoms with Crippen LogP contribution in [0.25, 0.3) is 0 Å². The number of hydrogen-bond acceptors (Lipinski definition) is 2. The molecule has 2 aromatic rings. The Balaban J connectivity index is 1.96. The monoisotopic (exact) mass is 296 g/mol. The molecule has 20 heavy (non-hydrogen) atoms. The first-order valence-electron chi connectivity index (χ1n) is 6.27. The van der Waals surface area contributed by atoms with Crippen LogP contribution in [-0.4, -0.2) is 4.98 Å². The van der Waals surface area contributed by atoms with Gasteiger partial charge in [0.2, 0.25) is 0 Å². The van der Waals surface area contributed by atoms with E-state index in [0.717, 1.165) is 11.1 Å². The van der Waals surface area contributed by atoms with E-state index in [4.69, 9.17) is 11.6 Å². The molecule has 1 atom stereocenters. The molecule has 5 heteroatoms. The number of halogens is 3. The maximum atomic E-state index is 12.4. The fraction of sp³-hybridized carbons (Fsp3) is 0.267.